The number of nitrogens with zero attached hydrogens (tertiary/aromatic N) is 2. The van der Waals surface area contributed by atoms with Crippen molar-refractivity contribution in [3.05, 3.63) is 93.7 Å². The SMILES string of the molecule is O=C(NCCc1nc2ccccc2n1CCOc1ccc(Cl)cc1)c1cccc(Br)c1. The molecule has 1 N–H and O–H groups in total. The van der Waals surface area contributed by atoms with Crippen molar-refractivity contribution in [1.82, 2.24) is 14.9 Å². The summed E-state index contributed by atoms with van der Waals surface area (Å²) in [6.07, 6.45) is 0.620. The molecule has 158 valence electrons. The third-order valence-electron chi connectivity index (χ3n) is 4.85. The van der Waals surface area contributed by atoms with Crippen molar-refractivity contribution in [1.29, 1.82) is 0 Å². The standard InChI is InChI=1S/C24H21BrClN3O2/c25-18-5-3-4-17(16-18)24(30)27-13-12-23-28-21-6-1-2-7-22(21)29(23)14-15-31-20-10-8-19(26)9-11-20/h1-11,16H,12-15H2,(H,27,30). The average Bonchev–Trinajstić information content (AvgIpc) is 3.12. The van der Waals surface area contributed by atoms with Gasteiger partial charge in [0, 0.05) is 28.0 Å². The van der Waals surface area contributed by atoms with Crippen LogP contribution in [0, 0.1) is 0 Å². The number of ether oxygens (including phenoxy) is 1. The molecule has 0 unspecified atom stereocenters. The van der Waals surface area contributed by atoms with Crippen molar-refractivity contribution in [2.24, 2.45) is 0 Å². The summed E-state index contributed by atoms with van der Waals surface area (Å²) in [7, 11) is 0. The van der Waals surface area contributed by atoms with Crippen LogP contribution in [0.2, 0.25) is 5.02 Å². The summed E-state index contributed by atoms with van der Waals surface area (Å²) in [6, 6.07) is 22.7. The minimum Gasteiger partial charge on any atom is -0.492 e. The number of halogens is 2. The van der Waals surface area contributed by atoms with Gasteiger partial charge in [0.2, 0.25) is 0 Å². The Labute approximate surface area is 194 Å². The van der Waals surface area contributed by atoms with Crippen molar-refractivity contribution < 1.29 is 9.53 Å². The lowest BCUT2D eigenvalue weighted by molar-refractivity contribution is 0.0954. The van der Waals surface area contributed by atoms with Gasteiger partial charge in [0.15, 0.2) is 0 Å². The van der Waals surface area contributed by atoms with Crippen molar-refractivity contribution in [2.75, 3.05) is 13.2 Å². The van der Waals surface area contributed by atoms with Crippen LogP contribution >= 0.6 is 27.5 Å². The van der Waals surface area contributed by atoms with E-state index in [2.05, 4.69) is 25.8 Å². The maximum atomic E-state index is 12.4. The number of carbonyl (C=O) groups is 1. The summed E-state index contributed by atoms with van der Waals surface area (Å²) in [5.41, 5.74) is 2.61. The first kappa shape index (κ1) is 21.4. The number of fused-ring (bicyclic) bond motifs is 1. The molecule has 0 spiro atoms. The van der Waals surface area contributed by atoms with Gasteiger partial charge >= 0.3 is 0 Å². The van der Waals surface area contributed by atoms with Gasteiger partial charge in [-0.05, 0) is 54.6 Å². The number of aromatic nitrogens is 2. The monoisotopic (exact) mass is 497 g/mol. The molecular weight excluding hydrogens is 478 g/mol. The van der Waals surface area contributed by atoms with E-state index in [0.29, 0.717) is 36.7 Å². The first-order chi connectivity index (χ1) is 15.1. The van der Waals surface area contributed by atoms with Crippen molar-refractivity contribution in [2.45, 2.75) is 13.0 Å². The first-order valence-corrected chi connectivity index (χ1v) is 11.1. The fraction of sp³-hybridized carbons (Fsp3) is 0.167. The zero-order chi connectivity index (χ0) is 21.6. The highest BCUT2D eigenvalue weighted by atomic mass is 79.9. The number of rotatable bonds is 8. The van der Waals surface area contributed by atoms with Crippen LogP contribution in [-0.4, -0.2) is 28.6 Å². The molecule has 0 saturated carbocycles. The molecule has 5 nitrogen and oxygen atoms in total. The number of para-hydroxylation sites is 2. The fourth-order valence-electron chi connectivity index (χ4n) is 3.37. The van der Waals surface area contributed by atoms with Gasteiger partial charge in [-0.1, -0.05) is 45.7 Å². The molecule has 0 bridgehead atoms. The third-order valence-corrected chi connectivity index (χ3v) is 5.60. The number of nitrogens with one attached hydrogen (secondary N) is 1. The Hall–Kier alpha value is -2.83. The molecule has 1 heterocycles. The average molecular weight is 499 g/mol. The molecule has 0 aliphatic carbocycles. The van der Waals surface area contributed by atoms with Crippen LogP contribution < -0.4 is 10.1 Å². The maximum Gasteiger partial charge on any atom is 0.251 e. The number of hydrogen-bond acceptors (Lipinski definition) is 3. The summed E-state index contributed by atoms with van der Waals surface area (Å²) in [5.74, 6) is 1.59. The zero-order valence-corrected chi connectivity index (χ0v) is 19.1. The van der Waals surface area contributed by atoms with Crippen LogP contribution in [0.4, 0.5) is 0 Å². The molecule has 0 saturated heterocycles. The molecule has 4 aromatic rings. The molecule has 0 radical (unpaired) electrons. The van der Waals surface area contributed by atoms with E-state index >= 15 is 0 Å². The highest BCUT2D eigenvalue weighted by Gasteiger charge is 2.12. The topological polar surface area (TPSA) is 56.2 Å². The van der Waals surface area contributed by atoms with Gasteiger partial charge in [0.1, 0.15) is 18.2 Å². The van der Waals surface area contributed by atoms with Gasteiger partial charge in [-0.25, -0.2) is 4.98 Å². The van der Waals surface area contributed by atoms with E-state index in [0.717, 1.165) is 27.1 Å². The van der Waals surface area contributed by atoms with E-state index in [9.17, 15) is 4.79 Å². The lowest BCUT2D eigenvalue weighted by Crippen LogP contribution is -2.26. The molecule has 3 aromatic carbocycles. The van der Waals surface area contributed by atoms with Gasteiger partial charge in [-0.3, -0.25) is 4.79 Å². The van der Waals surface area contributed by atoms with Gasteiger partial charge < -0.3 is 14.6 Å². The van der Waals surface area contributed by atoms with Crippen molar-refractivity contribution in [3.8, 4) is 5.75 Å². The highest BCUT2D eigenvalue weighted by Crippen LogP contribution is 2.18. The summed E-state index contributed by atoms with van der Waals surface area (Å²) in [6.45, 7) is 1.64. The van der Waals surface area contributed by atoms with Crippen LogP contribution in [0.3, 0.4) is 0 Å². The van der Waals surface area contributed by atoms with Crippen molar-refractivity contribution in [3.63, 3.8) is 0 Å². The molecule has 1 amide bonds. The second kappa shape index (κ2) is 9.98. The second-order valence-electron chi connectivity index (χ2n) is 6.99. The predicted octanol–water partition coefficient (Wildman–Crippen LogP) is 5.50. The van der Waals surface area contributed by atoms with Crippen LogP contribution in [0.25, 0.3) is 11.0 Å². The number of benzene rings is 3. The Morgan fingerprint density at radius 1 is 1.06 bits per heavy atom. The molecule has 7 heteroatoms. The van der Waals surface area contributed by atoms with Gasteiger partial charge in [0.25, 0.3) is 5.91 Å². The Morgan fingerprint density at radius 2 is 1.87 bits per heavy atom. The highest BCUT2D eigenvalue weighted by molar-refractivity contribution is 9.10. The number of carbonyl (C=O) groups excluding carboxylic acids is 1. The molecule has 0 atom stereocenters. The third kappa shape index (κ3) is 5.46. The molecule has 0 fully saturated rings. The zero-order valence-electron chi connectivity index (χ0n) is 16.7. The van der Waals surface area contributed by atoms with Gasteiger partial charge in [-0.2, -0.15) is 0 Å². The van der Waals surface area contributed by atoms with Crippen molar-refractivity contribution >= 4 is 44.5 Å². The summed E-state index contributed by atoms with van der Waals surface area (Å²) < 4.78 is 8.90. The van der Waals surface area contributed by atoms with E-state index in [-0.39, 0.29) is 5.91 Å². The lowest BCUT2D eigenvalue weighted by Gasteiger charge is -2.11. The maximum absolute atomic E-state index is 12.4. The number of hydrogen-bond donors (Lipinski definition) is 1. The van der Waals surface area contributed by atoms with Crippen LogP contribution in [-0.2, 0) is 13.0 Å². The van der Waals surface area contributed by atoms with Crippen LogP contribution in [0.5, 0.6) is 5.75 Å². The smallest absolute Gasteiger partial charge is 0.251 e. The molecule has 31 heavy (non-hydrogen) atoms. The van der Waals surface area contributed by atoms with E-state index in [1.54, 1.807) is 12.1 Å². The lowest BCUT2D eigenvalue weighted by atomic mass is 10.2. The van der Waals surface area contributed by atoms with E-state index in [4.69, 9.17) is 21.3 Å². The molecule has 1 aromatic heterocycles. The summed E-state index contributed by atoms with van der Waals surface area (Å²) in [4.78, 5) is 17.2. The normalized spacial score (nSPS) is 10.9. The Morgan fingerprint density at radius 3 is 2.68 bits per heavy atom. The summed E-state index contributed by atoms with van der Waals surface area (Å²) in [5, 5.41) is 3.66. The predicted molar refractivity (Wildman–Crippen MR) is 127 cm³/mol. The van der Waals surface area contributed by atoms with Crippen LogP contribution in [0.15, 0.2) is 77.3 Å². The van der Waals surface area contributed by atoms with Gasteiger partial charge in [-0.15, -0.1) is 0 Å². The second-order valence-corrected chi connectivity index (χ2v) is 8.34. The minimum absolute atomic E-state index is 0.102. The minimum atomic E-state index is -0.102. The molecular formula is C24H21BrClN3O2. The Bertz CT molecular complexity index is 1190. The van der Waals surface area contributed by atoms with E-state index < -0.39 is 0 Å². The number of amides is 1. The van der Waals surface area contributed by atoms with Gasteiger partial charge in [0.05, 0.1) is 17.6 Å². The summed E-state index contributed by atoms with van der Waals surface area (Å²) >= 11 is 9.33. The Balaban J connectivity index is 1.42. The van der Waals surface area contributed by atoms with E-state index in [1.807, 2.05) is 60.7 Å². The molecule has 4 rings (SSSR count). The van der Waals surface area contributed by atoms with E-state index in [1.165, 1.54) is 0 Å². The Kier molecular flexibility index (Phi) is 6.89. The largest absolute Gasteiger partial charge is 0.492 e. The quantitative estimate of drug-likeness (QED) is 0.349. The molecule has 0 aliphatic rings. The van der Waals surface area contributed by atoms with Crippen LogP contribution in [0.1, 0.15) is 16.2 Å². The first-order valence-electron chi connectivity index (χ1n) is 9.96. The fourth-order valence-corrected chi connectivity index (χ4v) is 3.90. The number of imidazole rings is 1. The molecule has 0 aliphatic heterocycles.